The molecule has 0 spiro atoms. The Morgan fingerprint density at radius 1 is 1.16 bits per heavy atom. The number of piperazine rings is 1. The van der Waals surface area contributed by atoms with Crippen molar-refractivity contribution in [3.05, 3.63) is 47.2 Å². The maximum absolute atomic E-state index is 12.7. The molecule has 1 saturated heterocycles. The van der Waals surface area contributed by atoms with Crippen LogP contribution in [0.2, 0.25) is 5.02 Å². The highest BCUT2D eigenvalue weighted by Crippen LogP contribution is 2.23. The third-order valence-corrected chi connectivity index (χ3v) is 4.76. The molecule has 130 valence electrons. The minimum absolute atomic E-state index is 0.0352. The zero-order chi connectivity index (χ0) is 17.2. The molecular formula is C18H20ClN5O. The van der Waals surface area contributed by atoms with Crippen LogP contribution in [0, 0.1) is 0 Å². The van der Waals surface area contributed by atoms with E-state index in [2.05, 4.69) is 20.2 Å². The molecule has 1 saturated carbocycles. The molecule has 2 heterocycles. The third-order valence-electron chi connectivity index (χ3n) is 4.53. The number of aromatic nitrogens is 2. The van der Waals surface area contributed by atoms with Crippen LogP contribution in [0.5, 0.6) is 0 Å². The second kappa shape index (κ2) is 6.88. The van der Waals surface area contributed by atoms with Crippen molar-refractivity contribution in [2.75, 3.05) is 36.4 Å². The molecule has 1 aromatic heterocycles. The van der Waals surface area contributed by atoms with Crippen molar-refractivity contribution in [3.8, 4) is 0 Å². The topological polar surface area (TPSA) is 61.4 Å². The SMILES string of the molecule is O=C(c1ccnc(NC2CC2)n1)N1CCN(c2cccc(Cl)c2)CC1. The lowest BCUT2D eigenvalue weighted by atomic mass is 10.2. The van der Waals surface area contributed by atoms with Gasteiger partial charge in [0.15, 0.2) is 0 Å². The zero-order valence-corrected chi connectivity index (χ0v) is 14.6. The van der Waals surface area contributed by atoms with Gasteiger partial charge >= 0.3 is 0 Å². The van der Waals surface area contributed by atoms with Gasteiger partial charge in [-0.05, 0) is 37.1 Å². The molecule has 2 aliphatic rings. The quantitative estimate of drug-likeness (QED) is 0.911. The molecule has 2 fully saturated rings. The predicted octanol–water partition coefficient (Wildman–Crippen LogP) is 2.67. The molecule has 2 aromatic rings. The van der Waals surface area contributed by atoms with Gasteiger partial charge in [-0.1, -0.05) is 17.7 Å². The number of nitrogens with one attached hydrogen (secondary N) is 1. The van der Waals surface area contributed by atoms with Crippen molar-refractivity contribution in [2.24, 2.45) is 0 Å². The van der Waals surface area contributed by atoms with Crippen LogP contribution < -0.4 is 10.2 Å². The summed E-state index contributed by atoms with van der Waals surface area (Å²) in [5.74, 6) is 0.512. The Labute approximate surface area is 151 Å². The minimum Gasteiger partial charge on any atom is -0.368 e. The molecule has 1 aliphatic heterocycles. The van der Waals surface area contributed by atoms with Gasteiger partial charge in [0.2, 0.25) is 5.95 Å². The fraction of sp³-hybridized carbons (Fsp3) is 0.389. The molecule has 0 bridgehead atoms. The van der Waals surface area contributed by atoms with Gasteiger partial charge in [-0.25, -0.2) is 9.97 Å². The van der Waals surface area contributed by atoms with Crippen LogP contribution in [0.4, 0.5) is 11.6 Å². The molecule has 1 amide bonds. The molecule has 1 aromatic carbocycles. The van der Waals surface area contributed by atoms with Crippen molar-refractivity contribution in [3.63, 3.8) is 0 Å². The smallest absolute Gasteiger partial charge is 0.272 e. The molecule has 0 radical (unpaired) electrons. The van der Waals surface area contributed by atoms with E-state index in [0.717, 1.165) is 36.6 Å². The highest BCUT2D eigenvalue weighted by molar-refractivity contribution is 6.30. The molecule has 0 atom stereocenters. The largest absolute Gasteiger partial charge is 0.368 e. The summed E-state index contributed by atoms with van der Waals surface area (Å²) in [7, 11) is 0. The molecule has 1 N–H and O–H groups in total. The maximum atomic E-state index is 12.7. The van der Waals surface area contributed by atoms with E-state index in [4.69, 9.17) is 11.6 Å². The lowest BCUT2D eigenvalue weighted by molar-refractivity contribution is 0.0741. The summed E-state index contributed by atoms with van der Waals surface area (Å²) in [6, 6.07) is 9.97. The standard InChI is InChI=1S/C18H20ClN5O/c19-13-2-1-3-15(12-13)23-8-10-24(11-9-23)17(25)16-6-7-20-18(22-16)21-14-4-5-14/h1-3,6-7,12,14H,4-5,8-11H2,(H,20,21,22). The van der Waals surface area contributed by atoms with Crippen LogP contribution in [0.25, 0.3) is 0 Å². The maximum Gasteiger partial charge on any atom is 0.272 e. The molecular weight excluding hydrogens is 338 g/mol. The number of halogens is 1. The van der Waals surface area contributed by atoms with Crippen LogP contribution in [0.3, 0.4) is 0 Å². The molecule has 4 rings (SSSR count). The van der Waals surface area contributed by atoms with E-state index in [1.807, 2.05) is 29.2 Å². The van der Waals surface area contributed by atoms with Crippen LogP contribution in [-0.2, 0) is 0 Å². The van der Waals surface area contributed by atoms with Gasteiger partial charge in [-0.3, -0.25) is 4.79 Å². The third kappa shape index (κ3) is 3.85. The predicted molar refractivity (Wildman–Crippen MR) is 98.2 cm³/mol. The minimum atomic E-state index is -0.0352. The highest BCUT2D eigenvalue weighted by atomic mass is 35.5. The lowest BCUT2D eigenvalue weighted by Crippen LogP contribution is -2.49. The van der Waals surface area contributed by atoms with Gasteiger partial charge in [-0.2, -0.15) is 0 Å². The number of anilines is 2. The summed E-state index contributed by atoms with van der Waals surface area (Å²) in [5.41, 5.74) is 1.55. The van der Waals surface area contributed by atoms with Crippen LogP contribution >= 0.6 is 11.6 Å². The summed E-state index contributed by atoms with van der Waals surface area (Å²) in [6.45, 7) is 2.90. The number of nitrogens with zero attached hydrogens (tertiary/aromatic N) is 4. The first-order valence-corrected chi connectivity index (χ1v) is 8.96. The van der Waals surface area contributed by atoms with E-state index in [-0.39, 0.29) is 5.91 Å². The van der Waals surface area contributed by atoms with Gasteiger partial charge in [-0.15, -0.1) is 0 Å². The molecule has 1 aliphatic carbocycles. The lowest BCUT2D eigenvalue weighted by Gasteiger charge is -2.36. The van der Waals surface area contributed by atoms with Crippen molar-refractivity contribution in [1.82, 2.24) is 14.9 Å². The Hall–Kier alpha value is -2.34. The summed E-state index contributed by atoms with van der Waals surface area (Å²) in [5, 5.41) is 3.96. The van der Waals surface area contributed by atoms with Gasteiger partial charge in [0, 0.05) is 49.1 Å². The highest BCUT2D eigenvalue weighted by Gasteiger charge is 2.25. The fourth-order valence-electron chi connectivity index (χ4n) is 2.96. The van der Waals surface area contributed by atoms with E-state index in [1.54, 1.807) is 12.3 Å². The van der Waals surface area contributed by atoms with E-state index < -0.39 is 0 Å². The number of carbonyl (C=O) groups excluding carboxylic acids is 1. The summed E-state index contributed by atoms with van der Waals surface area (Å²) < 4.78 is 0. The average Bonchev–Trinajstić information content (AvgIpc) is 3.45. The average molecular weight is 358 g/mol. The molecule has 25 heavy (non-hydrogen) atoms. The number of hydrogen-bond acceptors (Lipinski definition) is 5. The number of hydrogen-bond donors (Lipinski definition) is 1. The van der Waals surface area contributed by atoms with E-state index in [9.17, 15) is 4.79 Å². The Bertz CT molecular complexity index is 772. The van der Waals surface area contributed by atoms with Crippen LogP contribution in [0.1, 0.15) is 23.3 Å². The molecule has 7 heteroatoms. The van der Waals surface area contributed by atoms with Gasteiger partial charge < -0.3 is 15.1 Å². The van der Waals surface area contributed by atoms with Crippen LogP contribution in [0.15, 0.2) is 36.5 Å². The normalized spacial score (nSPS) is 17.5. The second-order valence-electron chi connectivity index (χ2n) is 6.44. The Morgan fingerprint density at radius 3 is 2.68 bits per heavy atom. The van der Waals surface area contributed by atoms with Crippen molar-refractivity contribution in [2.45, 2.75) is 18.9 Å². The number of benzene rings is 1. The first-order valence-electron chi connectivity index (χ1n) is 8.58. The Balaban J connectivity index is 1.39. The summed E-state index contributed by atoms with van der Waals surface area (Å²) >= 11 is 6.07. The number of amides is 1. The van der Waals surface area contributed by atoms with Gasteiger partial charge in [0.05, 0.1) is 0 Å². The molecule has 0 unspecified atom stereocenters. The van der Waals surface area contributed by atoms with Crippen molar-refractivity contribution >= 4 is 29.1 Å². The zero-order valence-electron chi connectivity index (χ0n) is 13.9. The first kappa shape index (κ1) is 16.1. The van der Waals surface area contributed by atoms with E-state index in [0.29, 0.717) is 30.8 Å². The van der Waals surface area contributed by atoms with Gasteiger partial charge in [0.25, 0.3) is 5.91 Å². The monoisotopic (exact) mass is 357 g/mol. The van der Waals surface area contributed by atoms with E-state index in [1.165, 1.54) is 0 Å². The number of rotatable bonds is 4. The van der Waals surface area contributed by atoms with E-state index >= 15 is 0 Å². The number of carbonyl (C=O) groups is 1. The summed E-state index contributed by atoms with van der Waals surface area (Å²) in [4.78, 5) is 25.4. The second-order valence-corrected chi connectivity index (χ2v) is 6.88. The van der Waals surface area contributed by atoms with Crippen LogP contribution in [-0.4, -0.2) is 53.0 Å². The fourth-order valence-corrected chi connectivity index (χ4v) is 3.14. The van der Waals surface area contributed by atoms with Gasteiger partial charge in [0.1, 0.15) is 5.69 Å². The van der Waals surface area contributed by atoms with Crippen molar-refractivity contribution in [1.29, 1.82) is 0 Å². The first-order chi connectivity index (χ1) is 12.2. The summed E-state index contributed by atoms with van der Waals surface area (Å²) in [6.07, 6.45) is 3.94. The van der Waals surface area contributed by atoms with Crippen molar-refractivity contribution < 1.29 is 4.79 Å². The Kier molecular flexibility index (Phi) is 4.44. The Morgan fingerprint density at radius 2 is 1.96 bits per heavy atom. The molecule has 6 nitrogen and oxygen atoms in total.